The third-order valence-corrected chi connectivity index (χ3v) is 3.63. The summed E-state index contributed by atoms with van der Waals surface area (Å²) < 4.78 is 41.5. The van der Waals surface area contributed by atoms with E-state index in [9.17, 15) is 22.8 Å². The Bertz CT molecular complexity index is 786. The molecule has 1 aliphatic rings. The highest BCUT2D eigenvalue weighted by atomic mass is 19.4. The van der Waals surface area contributed by atoms with Crippen LogP contribution < -0.4 is 5.43 Å². The van der Waals surface area contributed by atoms with Crippen molar-refractivity contribution < 1.29 is 27.3 Å². The van der Waals surface area contributed by atoms with Crippen LogP contribution in [-0.4, -0.2) is 33.5 Å². The van der Waals surface area contributed by atoms with Gasteiger partial charge in [-0.05, 0) is 25.0 Å². The molecule has 2 amide bonds. The lowest BCUT2D eigenvalue weighted by molar-refractivity contribution is -0.159. The maximum absolute atomic E-state index is 12.5. The number of nitrogens with one attached hydrogen (secondary N) is 1. The van der Waals surface area contributed by atoms with Gasteiger partial charge < -0.3 is 4.52 Å². The molecule has 132 valence electrons. The zero-order valence-corrected chi connectivity index (χ0v) is 12.8. The molecule has 0 unspecified atom stereocenters. The zero-order chi connectivity index (χ0) is 18.0. The van der Waals surface area contributed by atoms with Gasteiger partial charge in [-0.15, -0.1) is 0 Å². The van der Waals surface area contributed by atoms with Crippen LogP contribution in [0.15, 0.2) is 28.8 Å². The first-order valence-electron chi connectivity index (χ1n) is 7.47. The van der Waals surface area contributed by atoms with Gasteiger partial charge in [-0.2, -0.15) is 18.2 Å². The Morgan fingerprint density at radius 2 is 1.92 bits per heavy atom. The Kier molecular flexibility index (Phi) is 4.43. The SMILES string of the molecule is O=C(NN1CCCCC1=O)c1ccc(-c2noc(C(F)(F)F)n2)cc1. The van der Waals surface area contributed by atoms with E-state index in [0.717, 1.165) is 12.8 Å². The number of hydrogen-bond donors (Lipinski definition) is 1. The number of halogens is 3. The summed E-state index contributed by atoms with van der Waals surface area (Å²) in [6.07, 6.45) is -2.72. The summed E-state index contributed by atoms with van der Waals surface area (Å²) in [4.78, 5) is 27.1. The Morgan fingerprint density at radius 3 is 2.52 bits per heavy atom. The topological polar surface area (TPSA) is 88.3 Å². The summed E-state index contributed by atoms with van der Waals surface area (Å²) in [6.45, 7) is 0.450. The molecule has 1 saturated heterocycles. The molecule has 0 radical (unpaired) electrons. The van der Waals surface area contributed by atoms with Crippen molar-refractivity contribution in [2.75, 3.05) is 6.54 Å². The third-order valence-electron chi connectivity index (χ3n) is 3.63. The predicted molar refractivity (Wildman–Crippen MR) is 77.8 cm³/mol. The Hall–Kier alpha value is -2.91. The molecule has 1 N–H and O–H groups in total. The Morgan fingerprint density at radius 1 is 1.20 bits per heavy atom. The second-order valence-electron chi connectivity index (χ2n) is 5.44. The van der Waals surface area contributed by atoms with E-state index >= 15 is 0 Å². The van der Waals surface area contributed by atoms with Crippen molar-refractivity contribution in [1.82, 2.24) is 20.6 Å². The van der Waals surface area contributed by atoms with Crippen LogP contribution >= 0.6 is 0 Å². The van der Waals surface area contributed by atoms with Crippen LogP contribution in [-0.2, 0) is 11.0 Å². The average Bonchev–Trinajstić information content (AvgIpc) is 3.07. The second kappa shape index (κ2) is 6.54. The molecular formula is C15H13F3N4O3. The molecule has 0 aliphatic carbocycles. The molecule has 10 heteroatoms. The van der Waals surface area contributed by atoms with Gasteiger partial charge in [0.05, 0.1) is 0 Å². The highest BCUT2D eigenvalue weighted by Gasteiger charge is 2.38. The normalized spacial score (nSPS) is 15.3. The molecule has 1 aromatic heterocycles. The van der Waals surface area contributed by atoms with Gasteiger partial charge in [-0.25, -0.2) is 0 Å². The summed E-state index contributed by atoms with van der Waals surface area (Å²) in [7, 11) is 0. The third kappa shape index (κ3) is 3.78. The number of carbonyl (C=O) groups is 2. The number of alkyl halides is 3. The van der Waals surface area contributed by atoms with Gasteiger partial charge in [0.15, 0.2) is 0 Å². The summed E-state index contributed by atoms with van der Waals surface area (Å²) in [5, 5.41) is 4.54. The highest BCUT2D eigenvalue weighted by Crippen LogP contribution is 2.29. The van der Waals surface area contributed by atoms with Crippen LogP contribution in [0.1, 0.15) is 35.5 Å². The van der Waals surface area contributed by atoms with E-state index in [1.807, 2.05) is 0 Å². The number of rotatable bonds is 3. The lowest BCUT2D eigenvalue weighted by atomic mass is 10.1. The number of carbonyl (C=O) groups excluding carboxylic acids is 2. The van der Waals surface area contributed by atoms with Gasteiger partial charge in [0.2, 0.25) is 11.7 Å². The van der Waals surface area contributed by atoms with Gasteiger partial charge in [0.25, 0.3) is 5.91 Å². The largest absolute Gasteiger partial charge is 0.471 e. The van der Waals surface area contributed by atoms with Gasteiger partial charge in [0, 0.05) is 24.1 Å². The number of piperidine rings is 1. The van der Waals surface area contributed by atoms with Gasteiger partial charge >= 0.3 is 12.1 Å². The van der Waals surface area contributed by atoms with Crippen LogP contribution in [0.2, 0.25) is 0 Å². The summed E-state index contributed by atoms with van der Waals surface area (Å²) in [5.74, 6) is -2.30. The fourth-order valence-electron chi connectivity index (χ4n) is 2.34. The number of aromatic nitrogens is 2. The van der Waals surface area contributed by atoms with Crippen molar-refractivity contribution >= 4 is 11.8 Å². The lowest BCUT2D eigenvalue weighted by Crippen LogP contribution is -2.48. The maximum Gasteiger partial charge on any atom is 0.471 e. The molecule has 3 rings (SSSR count). The molecule has 0 atom stereocenters. The van der Waals surface area contributed by atoms with Crippen molar-refractivity contribution in [3.8, 4) is 11.4 Å². The van der Waals surface area contributed by atoms with E-state index in [2.05, 4.69) is 20.1 Å². The lowest BCUT2D eigenvalue weighted by Gasteiger charge is -2.26. The van der Waals surface area contributed by atoms with Gasteiger partial charge in [-0.3, -0.25) is 20.0 Å². The molecule has 1 aromatic carbocycles. The average molecular weight is 354 g/mol. The molecule has 0 saturated carbocycles. The minimum atomic E-state index is -4.72. The van der Waals surface area contributed by atoms with E-state index < -0.39 is 18.0 Å². The highest BCUT2D eigenvalue weighted by molar-refractivity contribution is 5.95. The van der Waals surface area contributed by atoms with Gasteiger partial charge in [0.1, 0.15) is 0 Å². The minimum absolute atomic E-state index is 0.150. The van der Waals surface area contributed by atoms with E-state index in [-0.39, 0.29) is 22.9 Å². The molecule has 0 spiro atoms. The summed E-state index contributed by atoms with van der Waals surface area (Å²) in [5.41, 5.74) is 3.03. The molecule has 2 aromatic rings. The first-order chi connectivity index (χ1) is 11.8. The van der Waals surface area contributed by atoms with Crippen molar-refractivity contribution in [2.24, 2.45) is 0 Å². The van der Waals surface area contributed by atoms with Crippen molar-refractivity contribution in [1.29, 1.82) is 0 Å². The van der Waals surface area contributed by atoms with Crippen LogP contribution in [0.3, 0.4) is 0 Å². The second-order valence-corrected chi connectivity index (χ2v) is 5.44. The van der Waals surface area contributed by atoms with Crippen molar-refractivity contribution in [3.63, 3.8) is 0 Å². The number of hydrazine groups is 1. The van der Waals surface area contributed by atoms with E-state index in [0.29, 0.717) is 13.0 Å². The van der Waals surface area contributed by atoms with Crippen molar-refractivity contribution in [3.05, 3.63) is 35.7 Å². The first kappa shape index (κ1) is 16.9. The van der Waals surface area contributed by atoms with E-state index in [1.165, 1.54) is 29.3 Å². The minimum Gasteiger partial charge on any atom is -0.329 e. The first-order valence-corrected chi connectivity index (χ1v) is 7.47. The molecule has 7 nitrogen and oxygen atoms in total. The predicted octanol–water partition coefficient (Wildman–Crippen LogP) is 2.41. The standard InChI is InChI=1S/C15H13F3N4O3/c16-15(17,18)14-19-12(21-25-14)9-4-6-10(7-5-9)13(24)20-22-8-2-1-3-11(22)23/h4-7H,1-3,8H2,(H,20,24). The maximum atomic E-state index is 12.5. The van der Waals surface area contributed by atoms with Crippen LogP contribution in [0.4, 0.5) is 13.2 Å². The molecule has 0 bridgehead atoms. The van der Waals surface area contributed by atoms with E-state index in [1.54, 1.807) is 0 Å². The number of benzene rings is 1. The Labute approximate surface area is 139 Å². The number of hydrogen-bond acceptors (Lipinski definition) is 5. The zero-order valence-electron chi connectivity index (χ0n) is 12.8. The fourth-order valence-corrected chi connectivity index (χ4v) is 2.34. The number of amides is 2. The monoisotopic (exact) mass is 354 g/mol. The molecule has 2 heterocycles. The van der Waals surface area contributed by atoms with Crippen LogP contribution in [0.5, 0.6) is 0 Å². The van der Waals surface area contributed by atoms with Crippen LogP contribution in [0, 0.1) is 0 Å². The molecule has 1 fully saturated rings. The van der Waals surface area contributed by atoms with Crippen LogP contribution in [0.25, 0.3) is 11.4 Å². The molecule has 1 aliphatic heterocycles. The van der Waals surface area contributed by atoms with Gasteiger partial charge in [-0.1, -0.05) is 17.3 Å². The quantitative estimate of drug-likeness (QED) is 0.914. The molecule has 25 heavy (non-hydrogen) atoms. The van der Waals surface area contributed by atoms with Crippen molar-refractivity contribution in [2.45, 2.75) is 25.4 Å². The smallest absolute Gasteiger partial charge is 0.329 e. The number of nitrogens with zero attached hydrogens (tertiary/aromatic N) is 3. The summed E-state index contributed by atoms with van der Waals surface area (Å²) >= 11 is 0. The van der Waals surface area contributed by atoms with E-state index in [4.69, 9.17) is 0 Å². The molecular weight excluding hydrogens is 341 g/mol. The fraction of sp³-hybridized carbons (Fsp3) is 0.333. The Balaban J connectivity index is 1.70. The summed E-state index contributed by atoms with van der Waals surface area (Å²) in [6, 6.07) is 5.61.